The molecule has 0 aromatic carbocycles. The highest BCUT2D eigenvalue weighted by atomic mass is 32.2. The summed E-state index contributed by atoms with van der Waals surface area (Å²) in [6, 6.07) is -0.819. The first-order valence-corrected chi connectivity index (χ1v) is 7.89. The van der Waals surface area contributed by atoms with Crippen LogP contribution in [0.1, 0.15) is 32.1 Å². The van der Waals surface area contributed by atoms with Crippen LogP contribution in [0.5, 0.6) is 0 Å². The summed E-state index contributed by atoms with van der Waals surface area (Å²) in [5, 5.41) is 8.16. The number of carboxylic acids is 1. The van der Waals surface area contributed by atoms with Crippen molar-refractivity contribution < 1.29 is 23.1 Å². The predicted molar refractivity (Wildman–Crippen MR) is 66.6 cm³/mol. The number of sulfonamides is 1. The highest BCUT2D eigenvalue weighted by molar-refractivity contribution is 7.89. The molecule has 2 aliphatic rings. The van der Waals surface area contributed by atoms with E-state index in [2.05, 4.69) is 0 Å². The Morgan fingerprint density at radius 1 is 1.16 bits per heavy atom. The Morgan fingerprint density at radius 3 is 2.42 bits per heavy atom. The van der Waals surface area contributed by atoms with Crippen LogP contribution in [0.2, 0.25) is 0 Å². The average Bonchev–Trinajstić information content (AvgIpc) is 2.98. The van der Waals surface area contributed by atoms with E-state index in [-0.39, 0.29) is 6.54 Å². The minimum absolute atomic E-state index is 0.249. The molecule has 3 atom stereocenters. The van der Waals surface area contributed by atoms with Gasteiger partial charge in [0.05, 0.1) is 11.2 Å². The van der Waals surface area contributed by atoms with Gasteiger partial charge in [-0.05, 0) is 25.7 Å². The lowest BCUT2D eigenvalue weighted by atomic mass is 10.1. The maximum atomic E-state index is 12.5. The van der Waals surface area contributed by atoms with Gasteiger partial charge in [0.2, 0.25) is 15.9 Å². The molecule has 8 heteroatoms. The van der Waals surface area contributed by atoms with Crippen LogP contribution in [0.25, 0.3) is 0 Å². The number of rotatable bonds is 4. The fourth-order valence-electron chi connectivity index (χ4n) is 3.07. The van der Waals surface area contributed by atoms with E-state index < -0.39 is 39.1 Å². The third-order valence-corrected chi connectivity index (χ3v) is 6.43. The quantitative estimate of drug-likeness (QED) is 0.725. The largest absolute Gasteiger partial charge is 0.481 e. The molecule has 1 saturated carbocycles. The van der Waals surface area contributed by atoms with Crippen molar-refractivity contribution >= 4 is 21.9 Å². The minimum atomic E-state index is -3.78. The molecule has 1 saturated heterocycles. The van der Waals surface area contributed by atoms with Crippen LogP contribution in [0.4, 0.5) is 0 Å². The fourth-order valence-corrected chi connectivity index (χ4v) is 5.50. The van der Waals surface area contributed by atoms with Crippen LogP contribution < -0.4 is 5.73 Å². The van der Waals surface area contributed by atoms with Crippen LogP contribution >= 0.6 is 0 Å². The Hall–Kier alpha value is -1.15. The number of nitrogens with zero attached hydrogens (tertiary/aromatic N) is 1. The number of hydrogen-bond acceptors (Lipinski definition) is 4. The minimum Gasteiger partial charge on any atom is -0.481 e. The molecule has 2 fully saturated rings. The molecule has 1 amide bonds. The monoisotopic (exact) mass is 290 g/mol. The van der Waals surface area contributed by atoms with E-state index in [1.165, 1.54) is 0 Å². The SMILES string of the molecule is NC(=O)C1CCCN1S(=O)(=O)C1CCCC1C(=O)O. The number of hydrogen-bond donors (Lipinski definition) is 2. The van der Waals surface area contributed by atoms with E-state index in [9.17, 15) is 18.0 Å². The lowest BCUT2D eigenvalue weighted by Gasteiger charge is -2.27. The molecule has 0 spiro atoms. The Morgan fingerprint density at radius 2 is 1.84 bits per heavy atom. The van der Waals surface area contributed by atoms with E-state index in [1.807, 2.05) is 0 Å². The molecule has 3 unspecified atom stereocenters. The molecule has 1 aliphatic heterocycles. The third-order valence-electron chi connectivity index (χ3n) is 4.01. The van der Waals surface area contributed by atoms with Crippen molar-refractivity contribution in [3.05, 3.63) is 0 Å². The van der Waals surface area contributed by atoms with Crippen LogP contribution in [0.15, 0.2) is 0 Å². The molecule has 0 bridgehead atoms. The van der Waals surface area contributed by atoms with Crippen LogP contribution in [0, 0.1) is 5.92 Å². The number of nitrogens with two attached hydrogens (primary N) is 1. The maximum Gasteiger partial charge on any atom is 0.307 e. The van der Waals surface area contributed by atoms with Crippen molar-refractivity contribution in [2.24, 2.45) is 11.7 Å². The standard InChI is InChI=1S/C11H18N2O5S/c12-10(14)8-4-2-6-13(8)19(17,18)9-5-1-3-7(9)11(15)16/h7-9H,1-6H2,(H2,12,14)(H,15,16). The average molecular weight is 290 g/mol. The summed E-state index contributed by atoms with van der Waals surface area (Å²) in [7, 11) is -3.78. The third kappa shape index (κ3) is 2.46. The molecular weight excluding hydrogens is 272 g/mol. The van der Waals surface area contributed by atoms with Gasteiger partial charge in [0.25, 0.3) is 0 Å². The smallest absolute Gasteiger partial charge is 0.307 e. The Labute approximate surface area is 111 Å². The van der Waals surface area contributed by atoms with Crippen LogP contribution in [0.3, 0.4) is 0 Å². The molecule has 1 aliphatic carbocycles. The second-order valence-corrected chi connectivity index (χ2v) is 7.23. The van der Waals surface area contributed by atoms with Gasteiger partial charge in [0.15, 0.2) is 0 Å². The van der Waals surface area contributed by atoms with E-state index >= 15 is 0 Å². The number of primary amides is 1. The second-order valence-electron chi connectivity index (χ2n) is 5.13. The number of carboxylic acid groups (broad SMARTS) is 1. The fraction of sp³-hybridized carbons (Fsp3) is 0.818. The molecule has 108 valence electrons. The Balaban J connectivity index is 2.27. The summed E-state index contributed by atoms with van der Waals surface area (Å²) in [5.41, 5.74) is 5.22. The molecule has 1 heterocycles. The molecule has 19 heavy (non-hydrogen) atoms. The second kappa shape index (κ2) is 5.09. The molecule has 3 N–H and O–H groups in total. The molecule has 0 aromatic heterocycles. The lowest BCUT2D eigenvalue weighted by Crippen LogP contribution is -2.48. The molecule has 2 rings (SSSR count). The van der Waals surface area contributed by atoms with Crippen molar-refractivity contribution in [1.29, 1.82) is 0 Å². The van der Waals surface area contributed by atoms with Crippen molar-refractivity contribution in [2.75, 3.05) is 6.54 Å². The van der Waals surface area contributed by atoms with E-state index in [0.29, 0.717) is 32.1 Å². The molecule has 7 nitrogen and oxygen atoms in total. The van der Waals surface area contributed by atoms with Gasteiger partial charge in [0, 0.05) is 6.54 Å². The summed E-state index contributed by atoms with van der Waals surface area (Å²) in [6.45, 7) is 0.249. The van der Waals surface area contributed by atoms with Gasteiger partial charge < -0.3 is 10.8 Å². The van der Waals surface area contributed by atoms with Gasteiger partial charge in [0.1, 0.15) is 6.04 Å². The van der Waals surface area contributed by atoms with Crippen LogP contribution in [-0.2, 0) is 19.6 Å². The van der Waals surface area contributed by atoms with Crippen molar-refractivity contribution in [1.82, 2.24) is 4.31 Å². The van der Waals surface area contributed by atoms with Gasteiger partial charge in [-0.15, -0.1) is 0 Å². The summed E-state index contributed by atoms with van der Waals surface area (Å²) in [4.78, 5) is 22.4. The van der Waals surface area contributed by atoms with Gasteiger partial charge in [-0.1, -0.05) is 6.42 Å². The number of amides is 1. The van der Waals surface area contributed by atoms with Gasteiger partial charge in [-0.2, -0.15) is 4.31 Å². The zero-order chi connectivity index (χ0) is 14.2. The number of carbonyl (C=O) groups excluding carboxylic acids is 1. The number of carbonyl (C=O) groups is 2. The zero-order valence-electron chi connectivity index (χ0n) is 10.5. The molecule has 0 aromatic rings. The van der Waals surface area contributed by atoms with E-state index in [4.69, 9.17) is 10.8 Å². The van der Waals surface area contributed by atoms with Crippen molar-refractivity contribution in [3.8, 4) is 0 Å². The zero-order valence-corrected chi connectivity index (χ0v) is 11.3. The molecule has 0 radical (unpaired) electrons. The summed E-state index contributed by atoms with van der Waals surface area (Å²) in [5.74, 6) is -2.62. The van der Waals surface area contributed by atoms with Crippen molar-refractivity contribution in [3.63, 3.8) is 0 Å². The first-order valence-electron chi connectivity index (χ1n) is 6.38. The Bertz CT molecular complexity index is 451. The summed E-state index contributed by atoms with van der Waals surface area (Å²) >= 11 is 0. The first kappa shape index (κ1) is 14.3. The van der Waals surface area contributed by atoms with Gasteiger partial charge in [-0.25, -0.2) is 8.42 Å². The topological polar surface area (TPSA) is 118 Å². The van der Waals surface area contributed by atoms with Gasteiger partial charge >= 0.3 is 5.97 Å². The van der Waals surface area contributed by atoms with E-state index in [0.717, 1.165) is 4.31 Å². The van der Waals surface area contributed by atoms with Crippen LogP contribution in [-0.4, -0.2) is 47.5 Å². The lowest BCUT2D eigenvalue weighted by molar-refractivity contribution is -0.141. The maximum absolute atomic E-state index is 12.5. The number of aliphatic carboxylic acids is 1. The normalized spacial score (nSPS) is 32.5. The Kier molecular flexibility index (Phi) is 3.82. The molecular formula is C11H18N2O5S. The van der Waals surface area contributed by atoms with E-state index in [1.54, 1.807) is 0 Å². The highest BCUT2D eigenvalue weighted by Gasteiger charge is 2.48. The van der Waals surface area contributed by atoms with Crippen molar-refractivity contribution in [2.45, 2.75) is 43.4 Å². The van der Waals surface area contributed by atoms with Gasteiger partial charge in [-0.3, -0.25) is 9.59 Å². The highest BCUT2D eigenvalue weighted by Crippen LogP contribution is 2.35. The summed E-state index contributed by atoms with van der Waals surface area (Å²) < 4.78 is 26.2. The predicted octanol–water partition coefficient (Wildman–Crippen LogP) is -0.481. The first-order chi connectivity index (χ1) is 8.85. The summed E-state index contributed by atoms with van der Waals surface area (Å²) in [6.07, 6.45) is 2.28.